The number of fused-ring (bicyclic) bond motifs is 1. The van der Waals surface area contributed by atoms with Crippen molar-refractivity contribution in [1.82, 2.24) is 5.32 Å². The summed E-state index contributed by atoms with van der Waals surface area (Å²) in [5, 5.41) is 5.87. The van der Waals surface area contributed by atoms with Crippen LogP contribution in [-0.2, 0) is 17.8 Å². The zero-order chi connectivity index (χ0) is 19.9. The number of nitrogens with zero attached hydrogens (tertiary/aromatic N) is 1. The van der Waals surface area contributed by atoms with E-state index in [-0.39, 0.29) is 6.03 Å². The quantitative estimate of drug-likeness (QED) is 0.546. The zero-order valence-corrected chi connectivity index (χ0v) is 16.3. The van der Waals surface area contributed by atoms with Crippen molar-refractivity contribution in [3.05, 3.63) is 78.3 Å². The summed E-state index contributed by atoms with van der Waals surface area (Å²) in [6.45, 7) is 2.46. The molecule has 150 valence electrons. The molecule has 0 aliphatic carbocycles. The van der Waals surface area contributed by atoms with Gasteiger partial charge < -0.3 is 24.7 Å². The first-order valence-electron chi connectivity index (χ1n) is 9.91. The Kier molecular flexibility index (Phi) is 6.12. The molecule has 0 radical (unpaired) electrons. The monoisotopic (exact) mass is 391 g/mol. The van der Waals surface area contributed by atoms with Crippen LogP contribution in [0.25, 0.3) is 0 Å². The Morgan fingerprint density at radius 3 is 2.72 bits per heavy atom. The number of ether oxygens (including phenoxy) is 1. The van der Waals surface area contributed by atoms with Gasteiger partial charge in [0, 0.05) is 25.4 Å². The van der Waals surface area contributed by atoms with Crippen molar-refractivity contribution in [1.29, 1.82) is 0 Å². The topological polar surface area (TPSA) is 66.7 Å². The maximum atomic E-state index is 12.3. The minimum absolute atomic E-state index is 0.212. The van der Waals surface area contributed by atoms with Gasteiger partial charge in [-0.25, -0.2) is 4.79 Å². The third kappa shape index (κ3) is 4.78. The number of furan rings is 1. The minimum atomic E-state index is -0.212. The van der Waals surface area contributed by atoms with Crippen molar-refractivity contribution < 1.29 is 13.9 Å². The predicted molar refractivity (Wildman–Crippen MR) is 114 cm³/mol. The van der Waals surface area contributed by atoms with Gasteiger partial charge in [-0.3, -0.25) is 0 Å². The van der Waals surface area contributed by atoms with Crippen LogP contribution >= 0.6 is 0 Å². The van der Waals surface area contributed by atoms with Crippen LogP contribution in [0, 0.1) is 0 Å². The van der Waals surface area contributed by atoms with Gasteiger partial charge in [-0.2, -0.15) is 0 Å². The maximum absolute atomic E-state index is 12.3. The Labute approximate surface area is 170 Å². The number of urea groups is 1. The summed E-state index contributed by atoms with van der Waals surface area (Å²) in [7, 11) is 0. The van der Waals surface area contributed by atoms with Crippen molar-refractivity contribution >= 4 is 23.1 Å². The highest BCUT2D eigenvalue weighted by Crippen LogP contribution is 2.37. The van der Waals surface area contributed by atoms with Crippen LogP contribution in [0.3, 0.4) is 0 Å². The van der Waals surface area contributed by atoms with Crippen LogP contribution < -0.4 is 15.5 Å². The first kappa shape index (κ1) is 19.1. The number of rotatable bonds is 8. The molecule has 0 saturated heterocycles. The summed E-state index contributed by atoms with van der Waals surface area (Å²) in [6.07, 6.45) is 3.37. The van der Waals surface area contributed by atoms with Gasteiger partial charge in [0.1, 0.15) is 12.4 Å². The molecule has 0 atom stereocenters. The molecule has 6 nitrogen and oxygen atoms in total. The minimum Gasteiger partial charge on any atom is -0.467 e. The molecule has 2 N–H and O–H groups in total. The lowest BCUT2D eigenvalue weighted by atomic mass is 10.2. The second-order valence-electron chi connectivity index (χ2n) is 6.91. The summed E-state index contributed by atoms with van der Waals surface area (Å²) in [6, 6.07) is 19.8. The van der Waals surface area contributed by atoms with Crippen LogP contribution in [0.5, 0.6) is 0 Å². The van der Waals surface area contributed by atoms with Crippen LogP contribution in [0.2, 0.25) is 0 Å². The fourth-order valence-corrected chi connectivity index (χ4v) is 3.51. The van der Waals surface area contributed by atoms with Crippen LogP contribution in [-0.4, -0.2) is 25.7 Å². The Balaban J connectivity index is 1.27. The average molecular weight is 391 g/mol. The summed E-state index contributed by atoms with van der Waals surface area (Å²) < 4.78 is 10.7. The summed E-state index contributed by atoms with van der Waals surface area (Å²) in [4.78, 5) is 14.6. The number of nitrogens with one attached hydrogen (secondary N) is 2. The number of hydrogen-bond donors (Lipinski definition) is 2. The van der Waals surface area contributed by atoms with E-state index >= 15 is 0 Å². The Hall–Kier alpha value is -3.25. The van der Waals surface area contributed by atoms with Crippen molar-refractivity contribution in [2.45, 2.75) is 19.4 Å². The zero-order valence-electron chi connectivity index (χ0n) is 16.3. The molecule has 29 heavy (non-hydrogen) atoms. The third-order valence-electron chi connectivity index (χ3n) is 4.91. The molecule has 3 aromatic rings. The largest absolute Gasteiger partial charge is 0.467 e. The second-order valence-corrected chi connectivity index (χ2v) is 6.91. The number of para-hydroxylation sites is 3. The van der Waals surface area contributed by atoms with E-state index in [1.165, 1.54) is 11.3 Å². The van der Waals surface area contributed by atoms with Crippen LogP contribution in [0.1, 0.15) is 17.7 Å². The first-order valence-corrected chi connectivity index (χ1v) is 9.91. The number of benzene rings is 2. The normalized spacial score (nSPS) is 12.6. The summed E-state index contributed by atoms with van der Waals surface area (Å²) in [5.41, 5.74) is 4.35. The molecule has 1 aromatic heterocycles. The molecule has 2 aromatic carbocycles. The number of anilines is 3. The Morgan fingerprint density at radius 2 is 1.86 bits per heavy atom. The highest BCUT2D eigenvalue weighted by molar-refractivity contribution is 5.94. The lowest BCUT2D eigenvalue weighted by Gasteiger charge is -2.23. The predicted octanol–water partition coefficient (Wildman–Crippen LogP) is 4.70. The fourth-order valence-electron chi connectivity index (χ4n) is 3.51. The van der Waals surface area contributed by atoms with Gasteiger partial charge in [-0.05, 0) is 48.7 Å². The SMILES string of the molecule is O=C(NCCCOCc1ccco1)Nc1ccccc1N1CCc2ccccc21. The van der Waals surface area contributed by atoms with E-state index in [1.54, 1.807) is 6.26 Å². The average Bonchev–Trinajstić information content (AvgIpc) is 3.41. The Bertz CT molecular complexity index is 940. The molecule has 4 rings (SSSR count). The van der Waals surface area contributed by atoms with Gasteiger partial charge in [0.25, 0.3) is 0 Å². The maximum Gasteiger partial charge on any atom is 0.319 e. The van der Waals surface area contributed by atoms with Crippen molar-refractivity contribution in [2.24, 2.45) is 0 Å². The van der Waals surface area contributed by atoms with Crippen LogP contribution in [0.4, 0.5) is 21.9 Å². The highest BCUT2D eigenvalue weighted by atomic mass is 16.5. The molecular formula is C23H25N3O3. The lowest BCUT2D eigenvalue weighted by molar-refractivity contribution is 0.104. The van der Waals surface area contributed by atoms with Crippen molar-refractivity contribution in [3.63, 3.8) is 0 Å². The van der Waals surface area contributed by atoms with E-state index in [4.69, 9.17) is 9.15 Å². The first-order chi connectivity index (χ1) is 14.3. The molecule has 0 unspecified atom stereocenters. The molecule has 1 aliphatic heterocycles. The molecule has 2 heterocycles. The van der Waals surface area contributed by atoms with E-state index in [1.807, 2.05) is 42.5 Å². The number of amides is 2. The highest BCUT2D eigenvalue weighted by Gasteiger charge is 2.22. The van der Waals surface area contributed by atoms with Gasteiger partial charge in [0.15, 0.2) is 0 Å². The van der Waals surface area contributed by atoms with E-state index < -0.39 is 0 Å². The van der Waals surface area contributed by atoms with Gasteiger partial charge in [0.2, 0.25) is 0 Å². The van der Waals surface area contributed by atoms with Gasteiger partial charge >= 0.3 is 6.03 Å². The van der Waals surface area contributed by atoms with Crippen molar-refractivity contribution in [3.8, 4) is 0 Å². The molecule has 0 spiro atoms. The Morgan fingerprint density at radius 1 is 1.03 bits per heavy atom. The smallest absolute Gasteiger partial charge is 0.319 e. The molecule has 2 amide bonds. The molecule has 0 bridgehead atoms. The van der Waals surface area contributed by atoms with Gasteiger partial charge in [-0.1, -0.05) is 30.3 Å². The van der Waals surface area contributed by atoms with E-state index in [0.717, 1.165) is 36.5 Å². The number of hydrogen-bond acceptors (Lipinski definition) is 4. The van der Waals surface area contributed by atoms with Gasteiger partial charge in [-0.15, -0.1) is 0 Å². The van der Waals surface area contributed by atoms with E-state index in [2.05, 4.69) is 33.7 Å². The van der Waals surface area contributed by atoms with Gasteiger partial charge in [0.05, 0.1) is 17.6 Å². The standard InChI is InChI=1S/C23H25N3O3/c27-23(24-13-6-15-28-17-19-8-5-16-29-19)25-20-9-2-4-11-22(20)26-14-12-18-7-1-3-10-21(18)26/h1-5,7-11,16H,6,12-15,17H2,(H2,24,25,27). The van der Waals surface area contributed by atoms with Crippen molar-refractivity contribution in [2.75, 3.05) is 29.9 Å². The fraction of sp³-hybridized carbons (Fsp3) is 0.261. The summed E-state index contributed by atoms with van der Waals surface area (Å²) in [5.74, 6) is 0.802. The summed E-state index contributed by atoms with van der Waals surface area (Å²) >= 11 is 0. The number of carbonyl (C=O) groups is 1. The third-order valence-corrected chi connectivity index (χ3v) is 4.91. The molecular weight excluding hydrogens is 366 g/mol. The lowest BCUT2D eigenvalue weighted by Crippen LogP contribution is -2.30. The molecule has 6 heteroatoms. The molecule has 0 fully saturated rings. The second kappa shape index (κ2) is 9.30. The number of carbonyl (C=O) groups excluding carboxylic acids is 1. The molecule has 1 aliphatic rings. The van der Waals surface area contributed by atoms with Crippen LogP contribution in [0.15, 0.2) is 71.3 Å². The van der Waals surface area contributed by atoms with E-state index in [9.17, 15) is 4.79 Å². The molecule has 0 saturated carbocycles. The van der Waals surface area contributed by atoms with E-state index in [0.29, 0.717) is 19.8 Å².